The fourth-order valence-electron chi connectivity index (χ4n) is 1.37. The van der Waals surface area contributed by atoms with Crippen LogP contribution in [-0.2, 0) is 23.9 Å². The third-order valence-electron chi connectivity index (χ3n) is 2.20. The molecule has 1 N–H and O–H groups in total. The summed E-state index contributed by atoms with van der Waals surface area (Å²) in [7, 11) is 1.35. The molecule has 1 aliphatic rings. The van der Waals surface area contributed by atoms with Gasteiger partial charge in [0.2, 0.25) is 0 Å². The highest BCUT2D eigenvalue weighted by molar-refractivity contribution is 5.86. The summed E-state index contributed by atoms with van der Waals surface area (Å²) in [4.78, 5) is 30.8. The number of hydrogen-bond acceptors (Lipinski definition) is 5. The predicted molar refractivity (Wildman–Crippen MR) is 74.2 cm³/mol. The molecule has 0 radical (unpaired) electrons. The number of carbonyl (C=O) groups is 3. The number of carbonyl (C=O) groups excluding carboxylic acids is 2. The van der Waals surface area contributed by atoms with E-state index in [2.05, 4.69) is 4.74 Å². The van der Waals surface area contributed by atoms with Crippen molar-refractivity contribution < 1.29 is 29.0 Å². The number of methoxy groups -OCH3 is 1. The Morgan fingerprint density at radius 3 is 2.05 bits per heavy atom. The quantitative estimate of drug-likeness (QED) is 0.784. The van der Waals surface area contributed by atoms with Gasteiger partial charge in [-0.05, 0) is 25.3 Å². The van der Waals surface area contributed by atoms with Crippen LogP contribution in [0.5, 0.6) is 0 Å². The number of rotatable bonds is 2. The van der Waals surface area contributed by atoms with Gasteiger partial charge in [-0.25, -0.2) is 4.79 Å². The zero-order valence-electron chi connectivity index (χ0n) is 12.8. The molecule has 0 unspecified atom stereocenters. The Labute approximate surface area is 119 Å². The second-order valence-corrected chi connectivity index (χ2v) is 3.73. The average molecular weight is 288 g/mol. The first-order valence-electron chi connectivity index (χ1n) is 6.52. The zero-order chi connectivity index (χ0) is 16.1. The number of carboxylic acids is 1. The molecule has 0 fully saturated rings. The van der Waals surface area contributed by atoms with Gasteiger partial charge in [0.15, 0.2) is 0 Å². The second-order valence-electron chi connectivity index (χ2n) is 3.73. The molecule has 0 heterocycles. The molecule has 0 saturated heterocycles. The van der Waals surface area contributed by atoms with Crippen LogP contribution in [0.3, 0.4) is 0 Å². The van der Waals surface area contributed by atoms with Gasteiger partial charge in [0, 0.05) is 19.4 Å². The van der Waals surface area contributed by atoms with Crippen LogP contribution < -0.4 is 0 Å². The van der Waals surface area contributed by atoms with Gasteiger partial charge in [-0.2, -0.15) is 0 Å². The number of esters is 2. The van der Waals surface area contributed by atoms with Crippen molar-refractivity contribution in [1.29, 1.82) is 0 Å². The maximum atomic E-state index is 10.6. The molecule has 116 valence electrons. The summed E-state index contributed by atoms with van der Waals surface area (Å²) < 4.78 is 9.00. The van der Waals surface area contributed by atoms with Crippen LogP contribution in [0.1, 0.15) is 47.0 Å². The minimum Gasteiger partial charge on any atom is -0.478 e. The van der Waals surface area contributed by atoms with E-state index >= 15 is 0 Å². The van der Waals surface area contributed by atoms with Crippen LogP contribution in [0, 0.1) is 0 Å². The Morgan fingerprint density at radius 1 is 1.20 bits per heavy atom. The lowest BCUT2D eigenvalue weighted by Gasteiger charge is -2.18. The topological polar surface area (TPSA) is 89.9 Å². The van der Waals surface area contributed by atoms with Crippen molar-refractivity contribution in [2.24, 2.45) is 0 Å². The van der Waals surface area contributed by atoms with Gasteiger partial charge in [0.1, 0.15) is 6.10 Å². The van der Waals surface area contributed by atoms with E-state index in [9.17, 15) is 14.4 Å². The van der Waals surface area contributed by atoms with E-state index in [1.807, 2.05) is 13.8 Å². The van der Waals surface area contributed by atoms with E-state index in [1.54, 1.807) is 0 Å². The summed E-state index contributed by atoms with van der Waals surface area (Å²) in [5.41, 5.74) is 0.345. The highest BCUT2D eigenvalue weighted by Gasteiger charge is 2.19. The monoisotopic (exact) mass is 288 g/mol. The zero-order valence-corrected chi connectivity index (χ0v) is 12.8. The molecule has 0 bridgehead atoms. The number of aliphatic carboxylic acids is 1. The first-order valence-corrected chi connectivity index (χ1v) is 6.52. The van der Waals surface area contributed by atoms with Crippen molar-refractivity contribution in [3.8, 4) is 0 Å². The van der Waals surface area contributed by atoms with Crippen molar-refractivity contribution in [3.63, 3.8) is 0 Å². The maximum Gasteiger partial charge on any atom is 0.331 e. The van der Waals surface area contributed by atoms with Crippen LogP contribution in [0.4, 0.5) is 0 Å². The molecule has 0 aromatic rings. The molecule has 20 heavy (non-hydrogen) atoms. The molecule has 0 spiro atoms. The average Bonchev–Trinajstić information content (AvgIpc) is 2.41. The van der Waals surface area contributed by atoms with E-state index in [4.69, 9.17) is 9.84 Å². The lowest BCUT2D eigenvalue weighted by molar-refractivity contribution is -0.145. The largest absolute Gasteiger partial charge is 0.478 e. The number of ether oxygens (including phenoxy) is 2. The van der Waals surface area contributed by atoms with E-state index in [0.717, 1.165) is 12.8 Å². The molecular weight excluding hydrogens is 264 g/mol. The molecule has 0 amide bonds. The van der Waals surface area contributed by atoms with Crippen LogP contribution in [0.15, 0.2) is 11.6 Å². The van der Waals surface area contributed by atoms with Gasteiger partial charge in [0.05, 0.1) is 7.11 Å². The molecule has 0 aromatic heterocycles. The Kier molecular flexibility index (Phi) is 12.5. The lowest BCUT2D eigenvalue weighted by atomic mass is 9.97. The highest BCUT2D eigenvalue weighted by atomic mass is 16.5. The molecule has 1 atom stereocenters. The number of hydrogen-bond donors (Lipinski definition) is 1. The van der Waals surface area contributed by atoms with Crippen molar-refractivity contribution in [2.75, 3.05) is 7.11 Å². The number of carboxylic acid groups (broad SMARTS) is 1. The Bertz CT molecular complexity index is 346. The summed E-state index contributed by atoms with van der Waals surface area (Å²) in [6, 6.07) is 0. The van der Waals surface area contributed by atoms with Crippen molar-refractivity contribution >= 4 is 17.9 Å². The normalized spacial score (nSPS) is 16.2. The fraction of sp³-hybridized carbons (Fsp3) is 0.643. The van der Waals surface area contributed by atoms with Gasteiger partial charge >= 0.3 is 17.9 Å². The van der Waals surface area contributed by atoms with E-state index in [1.165, 1.54) is 27.0 Å². The van der Waals surface area contributed by atoms with E-state index in [0.29, 0.717) is 12.0 Å². The molecule has 6 heteroatoms. The van der Waals surface area contributed by atoms with Crippen LogP contribution >= 0.6 is 0 Å². The van der Waals surface area contributed by atoms with Gasteiger partial charge in [-0.3, -0.25) is 9.59 Å². The first kappa shape index (κ1) is 20.5. The van der Waals surface area contributed by atoms with Gasteiger partial charge < -0.3 is 14.6 Å². The Morgan fingerprint density at radius 2 is 1.70 bits per heavy atom. The van der Waals surface area contributed by atoms with E-state index in [-0.39, 0.29) is 18.0 Å². The molecule has 0 aliphatic heterocycles. The summed E-state index contributed by atoms with van der Waals surface area (Å²) >= 11 is 0. The summed E-state index contributed by atoms with van der Waals surface area (Å²) in [6.07, 6.45) is 3.21. The third-order valence-corrected chi connectivity index (χ3v) is 2.20. The van der Waals surface area contributed by atoms with Crippen molar-refractivity contribution in [1.82, 2.24) is 0 Å². The third kappa shape index (κ3) is 11.3. The maximum absolute atomic E-state index is 10.6. The molecular formula is C14H24O6. The highest BCUT2D eigenvalue weighted by Crippen LogP contribution is 2.20. The molecule has 1 aliphatic carbocycles. The Balaban J connectivity index is 0. The minimum atomic E-state index is -0.920. The fourth-order valence-corrected chi connectivity index (χ4v) is 1.37. The standard InChI is InChI=1S/C9H12O4.C3H6O2.C2H6/c1-6(10)13-8-4-2-3-7(5-8)9(11)12;1-3(4)5-2;1-2/h5,8H,2-4H2,1H3,(H,11,12);1-2H3;1-2H3/t8-;;/m0../s1. The van der Waals surface area contributed by atoms with E-state index < -0.39 is 5.97 Å². The van der Waals surface area contributed by atoms with Gasteiger partial charge in [-0.1, -0.05) is 13.8 Å². The summed E-state index contributed by atoms with van der Waals surface area (Å²) in [5, 5.41) is 8.68. The summed E-state index contributed by atoms with van der Waals surface area (Å²) in [5.74, 6) is -1.53. The Hall–Kier alpha value is -1.85. The van der Waals surface area contributed by atoms with Crippen molar-refractivity contribution in [3.05, 3.63) is 11.6 Å². The smallest absolute Gasteiger partial charge is 0.331 e. The minimum absolute atomic E-state index is 0.245. The van der Waals surface area contributed by atoms with Crippen LogP contribution in [-0.4, -0.2) is 36.2 Å². The van der Waals surface area contributed by atoms with Crippen molar-refractivity contribution in [2.45, 2.75) is 53.1 Å². The van der Waals surface area contributed by atoms with Gasteiger partial charge in [0.25, 0.3) is 0 Å². The molecule has 1 rings (SSSR count). The van der Waals surface area contributed by atoms with Gasteiger partial charge in [-0.15, -0.1) is 0 Å². The molecule has 0 saturated carbocycles. The predicted octanol–water partition coefficient (Wildman–Crippen LogP) is 2.32. The summed E-state index contributed by atoms with van der Waals surface area (Å²) in [6.45, 7) is 6.68. The lowest BCUT2D eigenvalue weighted by Crippen LogP contribution is -2.19. The first-order chi connectivity index (χ1) is 9.36. The van der Waals surface area contributed by atoms with Crippen LogP contribution in [0.2, 0.25) is 0 Å². The molecule has 6 nitrogen and oxygen atoms in total. The second kappa shape index (κ2) is 12.2. The van der Waals surface area contributed by atoms with Crippen LogP contribution in [0.25, 0.3) is 0 Å². The SMILES string of the molecule is CC.CC(=O)O[C@@H]1C=C(C(=O)O)CCC1.COC(C)=O. The molecule has 0 aromatic carbocycles.